The van der Waals surface area contributed by atoms with Crippen molar-refractivity contribution >= 4 is 23.7 Å². The van der Waals surface area contributed by atoms with Crippen LogP contribution in [0.3, 0.4) is 0 Å². The lowest BCUT2D eigenvalue weighted by atomic mass is 9.78. The molecule has 0 N–H and O–H groups in total. The lowest BCUT2D eigenvalue weighted by molar-refractivity contribution is -0.177. The first kappa shape index (κ1) is 22.7. The van der Waals surface area contributed by atoms with E-state index in [9.17, 15) is 9.59 Å². The number of benzene rings is 1. The summed E-state index contributed by atoms with van der Waals surface area (Å²) in [7, 11) is 0. The monoisotopic (exact) mass is 477 g/mol. The topological polar surface area (TPSA) is 71.5 Å². The van der Waals surface area contributed by atoms with Crippen molar-refractivity contribution in [3.63, 3.8) is 0 Å². The van der Waals surface area contributed by atoms with Crippen molar-refractivity contribution in [3.05, 3.63) is 33.8 Å². The quantitative estimate of drug-likeness (QED) is 0.619. The maximum Gasteiger partial charge on any atom is 0.410 e. The molecule has 33 heavy (non-hydrogen) atoms. The second kappa shape index (κ2) is 8.32. The standard InChI is InChI=1S/C24H32ClN3O5/c1-23(2,3)33-22(30)28-6-7-31-11-20(28)18-9-17(25)8-16-4-5-26(10-19(16)18)21(29)27-12-24(13-27)14-32-15-24/h8-9,20H,4-7,10-15H2,1-3H3/t20-/m0/s1. The number of rotatable bonds is 1. The van der Waals surface area contributed by atoms with E-state index in [1.165, 1.54) is 0 Å². The fraction of sp³-hybridized carbons (Fsp3) is 0.667. The van der Waals surface area contributed by atoms with Crippen molar-refractivity contribution in [2.24, 2.45) is 5.41 Å². The fourth-order valence-electron chi connectivity index (χ4n) is 5.19. The third-order valence-corrected chi connectivity index (χ3v) is 7.09. The maximum absolute atomic E-state index is 13.2. The van der Waals surface area contributed by atoms with Crippen LogP contribution >= 0.6 is 11.6 Å². The fourth-order valence-corrected chi connectivity index (χ4v) is 5.44. The minimum atomic E-state index is -0.586. The summed E-state index contributed by atoms with van der Waals surface area (Å²) in [6.45, 7) is 11.1. The number of hydrogen-bond acceptors (Lipinski definition) is 5. The van der Waals surface area contributed by atoms with Crippen LogP contribution in [0.25, 0.3) is 0 Å². The molecule has 3 fully saturated rings. The molecule has 4 aliphatic rings. The molecule has 1 spiro atoms. The lowest BCUT2D eigenvalue weighted by Gasteiger charge is -2.55. The summed E-state index contributed by atoms with van der Waals surface area (Å²) in [5, 5.41) is 0.632. The second-order valence-electron chi connectivity index (χ2n) is 10.7. The van der Waals surface area contributed by atoms with E-state index in [1.807, 2.05) is 42.7 Å². The van der Waals surface area contributed by atoms with Crippen molar-refractivity contribution in [2.45, 2.75) is 45.4 Å². The van der Waals surface area contributed by atoms with Gasteiger partial charge in [0.2, 0.25) is 0 Å². The molecule has 0 radical (unpaired) electrons. The van der Waals surface area contributed by atoms with E-state index >= 15 is 0 Å². The van der Waals surface area contributed by atoms with Gasteiger partial charge in [-0.15, -0.1) is 0 Å². The molecule has 4 heterocycles. The van der Waals surface area contributed by atoms with Crippen LogP contribution in [-0.2, 0) is 27.2 Å². The van der Waals surface area contributed by atoms with E-state index < -0.39 is 5.60 Å². The third kappa shape index (κ3) is 4.40. The molecule has 5 rings (SSSR count). The van der Waals surface area contributed by atoms with Crippen LogP contribution in [0.1, 0.15) is 43.5 Å². The number of carbonyl (C=O) groups is 2. The Hall–Kier alpha value is -2.03. The van der Waals surface area contributed by atoms with Crippen LogP contribution in [0, 0.1) is 5.41 Å². The Balaban J connectivity index is 1.38. The van der Waals surface area contributed by atoms with Gasteiger partial charge in [-0.3, -0.25) is 4.90 Å². The molecule has 8 nitrogen and oxygen atoms in total. The first-order valence-corrected chi connectivity index (χ1v) is 12.0. The summed E-state index contributed by atoms with van der Waals surface area (Å²) >= 11 is 6.49. The molecule has 4 aliphatic heterocycles. The molecule has 1 atom stereocenters. The molecule has 0 aliphatic carbocycles. The van der Waals surface area contributed by atoms with E-state index in [-0.39, 0.29) is 23.6 Å². The van der Waals surface area contributed by atoms with Crippen molar-refractivity contribution in [1.82, 2.24) is 14.7 Å². The third-order valence-electron chi connectivity index (χ3n) is 6.87. The first-order chi connectivity index (χ1) is 15.6. The number of nitrogens with zero attached hydrogens (tertiary/aromatic N) is 3. The molecule has 3 amide bonds. The number of likely N-dealkylation sites (tertiary alicyclic amines) is 1. The normalized spacial score (nSPS) is 24.1. The largest absolute Gasteiger partial charge is 0.444 e. The van der Waals surface area contributed by atoms with Gasteiger partial charge in [0.05, 0.1) is 37.9 Å². The van der Waals surface area contributed by atoms with E-state index in [0.717, 1.165) is 49.4 Å². The zero-order chi connectivity index (χ0) is 23.4. The molecule has 0 aromatic heterocycles. The number of urea groups is 1. The van der Waals surface area contributed by atoms with Crippen LogP contribution in [-0.4, -0.2) is 85.0 Å². The minimum Gasteiger partial charge on any atom is -0.444 e. The summed E-state index contributed by atoms with van der Waals surface area (Å²) in [5.74, 6) is 0. The Morgan fingerprint density at radius 3 is 2.55 bits per heavy atom. The summed E-state index contributed by atoms with van der Waals surface area (Å²) < 4.78 is 16.8. The second-order valence-corrected chi connectivity index (χ2v) is 11.1. The Morgan fingerprint density at radius 2 is 1.88 bits per heavy atom. The summed E-state index contributed by atoms with van der Waals surface area (Å²) in [5.41, 5.74) is 2.73. The Bertz CT molecular complexity index is 950. The average Bonchev–Trinajstić information content (AvgIpc) is 2.69. The van der Waals surface area contributed by atoms with Gasteiger partial charge in [0, 0.05) is 37.7 Å². The summed E-state index contributed by atoms with van der Waals surface area (Å²) in [4.78, 5) is 31.7. The molecule has 1 aromatic carbocycles. The van der Waals surface area contributed by atoms with Crippen LogP contribution in [0.2, 0.25) is 5.02 Å². The van der Waals surface area contributed by atoms with Gasteiger partial charge in [-0.05, 0) is 56.0 Å². The maximum atomic E-state index is 13.2. The van der Waals surface area contributed by atoms with Crippen LogP contribution in [0.4, 0.5) is 9.59 Å². The van der Waals surface area contributed by atoms with Gasteiger partial charge >= 0.3 is 12.1 Å². The Labute approximate surface area is 199 Å². The van der Waals surface area contributed by atoms with Crippen LogP contribution in [0.5, 0.6) is 0 Å². The molecule has 1 aromatic rings. The molecular formula is C24H32ClN3O5. The molecule has 9 heteroatoms. The van der Waals surface area contributed by atoms with Crippen LogP contribution < -0.4 is 0 Å². The van der Waals surface area contributed by atoms with E-state index in [0.29, 0.717) is 37.9 Å². The number of amides is 3. The van der Waals surface area contributed by atoms with Gasteiger partial charge in [-0.1, -0.05) is 11.6 Å². The van der Waals surface area contributed by atoms with Gasteiger partial charge in [0.15, 0.2) is 0 Å². The lowest BCUT2D eigenvalue weighted by Crippen LogP contribution is -2.68. The van der Waals surface area contributed by atoms with Gasteiger partial charge in [0.1, 0.15) is 5.60 Å². The summed E-state index contributed by atoms with van der Waals surface area (Å²) in [6, 6.07) is 3.65. The average molecular weight is 478 g/mol. The number of carbonyl (C=O) groups excluding carboxylic acids is 2. The Kier molecular flexibility index (Phi) is 5.74. The van der Waals surface area contributed by atoms with Crippen molar-refractivity contribution in [2.75, 3.05) is 52.6 Å². The summed E-state index contributed by atoms with van der Waals surface area (Å²) in [6.07, 6.45) is 0.373. The van der Waals surface area contributed by atoms with Gasteiger partial charge in [-0.25, -0.2) is 9.59 Å². The number of halogens is 1. The zero-order valence-electron chi connectivity index (χ0n) is 19.6. The van der Waals surface area contributed by atoms with Crippen molar-refractivity contribution < 1.29 is 23.8 Å². The smallest absolute Gasteiger partial charge is 0.410 e. The predicted octanol–water partition coefficient (Wildman–Crippen LogP) is 3.46. The van der Waals surface area contributed by atoms with Gasteiger partial charge in [0.25, 0.3) is 0 Å². The highest BCUT2D eigenvalue weighted by Gasteiger charge is 2.51. The molecule has 0 bridgehead atoms. The Morgan fingerprint density at radius 1 is 1.12 bits per heavy atom. The van der Waals surface area contributed by atoms with Crippen molar-refractivity contribution in [3.8, 4) is 0 Å². The zero-order valence-corrected chi connectivity index (χ0v) is 20.3. The highest BCUT2D eigenvalue weighted by molar-refractivity contribution is 6.30. The number of fused-ring (bicyclic) bond motifs is 1. The van der Waals surface area contributed by atoms with Crippen LogP contribution in [0.15, 0.2) is 12.1 Å². The molecular weight excluding hydrogens is 446 g/mol. The molecule has 0 unspecified atom stereocenters. The highest BCUT2D eigenvalue weighted by atomic mass is 35.5. The predicted molar refractivity (Wildman–Crippen MR) is 122 cm³/mol. The van der Waals surface area contributed by atoms with E-state index in [2.05, 4.69) is 0 Å². The van der Waals surface area contributed by atoms with E-state index in [1.54, 1.807) is 4.90 Å². The van der Waals surface area contributed by atoms with E-state index in [4.69, 9.17) is 25.8 Å². The number of ether oxygens (including phenoxy) is 3. The first-order valence-electron chi connectivity index (χ1n) is 11.6. The number of morpholine rings is 1. The molecule has 0 saturated carbocycles. The SMILES string of the molecule is CC(C)(C)OC(=O)N1CCOC[C@H]1c1cc(Cl)cc2c1CN(C(=O)N1CC3(COC3)C1)CC2. The van der Waals surface area contributed by atoms with Gasteiger partial charge < -0.3 is 24.0 Å². The minimum absolute atomic E-state index is 0.0722. The van der Waals surface area contributed by atoms with Gasteiger partial charge in [-0.2, -0.15) is 0 Å². The number of hydrogen-bond donors (Lipinski definition) is 0. The highest BCUT2D eigenvalue weighted by Crippen LogP contribution is 2.39. The molecule has 3 saturated heterocycles. The van der Waals surface area contributed by atoms with Crippen molar-refractivity contribution in [1.29, 1.82) is 0 Å². The molecule has 180 valence electrons.